The Balaban J connectivity index is 2.17. The van der Waals surface area contributed by atoms with Gasteiger partial charge in [-0.05, 0) is 37.3 Å². The fourth-order valence-electron chi connectivity index (χ4n) is 2.87. The molecule has 1 aromatic rings. The Kier molecular flexibility index (Phi) is 4.27. The molecular weight excluding hydrogens is 244 g/mol. The van der Waals surface area contributed by atoms with Crippen molar-refractivity contribution in [2.75, 3.05) is 13.1 Å². The van der Waals surface area contributed by atoms with Crippen molar-refractivity contribution in [3.63, 3.8) is 0 Å². The van der Waals surface area contributed by atoms with Gasteiger partial charge in [0, 0.05) is 31.2 Å². The highest BCUT2D eigenvalue weighted by atomic mass is 15.3. The fourth-order valence-corrected chi connectivity index (χ4v) is 2.87. The van der Waals surface area contributed by atoms with Gasteiger partial charge in [-0.1, -0.05) is 45.0 Å². The van der Waals surface area contributed by atoms with Gasteiger partial charge in [0.2, 0.25) is 0 Å². The number of hydrogen-bond donors (Lipinski definition) is 1. The largest absolute Gasteiger partial charge is 0.310 e. The Labute approximate surface area is 124 Å². The first-order chi connectivity index (χ1) is 9.20. The minimum absolute atomic E-state index is 0.212. The molecule has 0 saturated carbocycles. The van der Waals surface area contributed by atoms with Crippen molar-refractivity contribution in [2.24, 2.45) is 5.41 Å². The molecule has 1 atom stereocenters. The molecule has 1 aromatic carbocycles. The van der Waals surface area contributed by atoms with Crippen molar-refractivity contribution >= 4 is 0 Å². The van der Waals surface area contributed by atoms with Crippen LogP contribution in [-0.2, 0) is 6.54 Å². The van der Waals surface area contributed by atoms with Gasteiger partial charge in [-0.25, -0.2) is 0 Å². The quantitative estimate of drug-likeness (QED) is 0.886. The number of nitrogens with zero attached hydrogens (tertiary/aromatic N) is 1. The van der Waals surface area contributed by atoms with E-state index in [0.717, 1.165) is 19.6 Å². The molecule has 1 aliphatic rings. The average molecular weight is 274 g/mol. The number of rotatable bonds is 2. The van der Waals surface area contributed by atoms with Gasteiger partial charge in [0.15, 0.2) is 0 Å². The molecule has 1 saturated heterocycles. The topological polar surface area (TPSA) is 15.3 Å². The van der Waals surface area contributed by atoms with Crippen molar-refractivity contribution in [2.45, 2.75) is 59.7 Å². The third-order valence-electron chi connectivity index (χ3n) is 4.71. The molecular formula is C18H30N2. The van der Waals surface area contributed by atoms with Gasteiger partial charge in [0.05, 0.1) is 0 Å². The molecule has 0 radical (unpaired) electrons. The number of piperazine rings is 1. The maximum Gasteiger partial charge on any atom is 0.0281 e. The molecule has 0 aromatic heterocycles. The third kappa shape index (κ3) is 3.42. The van der Waals surface area contributed by atoms with Crippen molar-refractivity contribution < 1.29 is 0 Å². The summed E-state index contributed by atoms with van der Waals surface area (Å²) < 4.78 is 0. The highest BCUT2D eigenvalue weighted by molar-refractivity contribution is 5.25. The first-order valence-corrected chi connectivity index (χ1v) is 7.73. The van der Waals surface area contributed by atoms with Gasteiger partial charge in [-0.3, -0.25) is 4.90 Å². The number of hydrogen-bond acceptors (Lipinski definition) is 2. The van der Waals surface area contributed by atoms with Crippen molar-refractivity contribution in [3.8, 4) is 0 Å². The first kappa shape index (κ1) is 15.5. The van der Waals surface area contributed by atoms with E-state index in [1.165, 1.54) is 11.1 Å². The minimum atomic E-state index is 0.212. The van der Waals surface area contributed by atoms with Crippen LogP contribution < -0.4 is 5.32 Å². The average Bonchev–Trinajstić information content (AvgIpc) is 2.32. The van der Waals surface area contributed by atoms with Crippen LogP contribution in [0.4, 0.5) is 0 Å². The Bertz CT molecular complexity index is 457. The third-order valence-corrected chi connectivity index (χ3v) is 4.71. The van der Waals surface area contributed by atoms with Crippen LogP contribution >= 0.6 is 0 Å². The Morgan fingerprint density at radius 2 is 1.90 bits per heavy atom. The van der Waals surface area contributed by atoms with Gasteiger partial charge >= 0.3 is 0 Å². The Morgan fingerprint density at radius 3 is 2.50 bits per heavy atom. The lowest BCUT2D eigenvalue weighted by Gasteiger charge is -2.49. The zero-order chi connectivity index (χ0) is 15.0. The molecule has 1 unspecified atom stereocenters. The minimum Gasteiger partial charge on any atom is -0.310 e. The molecule has 0 spiro atoms. The highest BCUT2D eigenvalue weighted by Crippen LogP contribution is 2.29. The van der Waals surface area contributed by atoms with Crippen LogP contribution in [-0.4, -0.2) is 29.6 Å². The van der Waals surface area contributed by atoms with E-state index in [2.05, 4.69) is 76.0 Å². The zero-order valence-electron chi connectivity index (χ0n) is 14.0. The molecule has 2 heteroatoms. The lowest BCUT2D eigenvalue weighted by molar-refractivity contribution is 0.0294. The van der Waals surface area contributed by atoms with E-state index < -0.39 is 0 Å². The second-order valence-corrected chi connectivity index (χ2v) is 7.92. The molecule has 2 nitrogen and oxygen atoms in total. The van der Waals surface area contributed by atoms with Crippen LogP contribution in [0.2, 0.25) is 0 Å². The van der Waals surface area contributed by atoms with E-state index >= 15 is 0 Å². The van der Waals surface area contributed by atoms with E-state index in [1.807, 2.05) is 0 Å². The molecule has 0 amide bonds. The Morgan fingerprint density at radius 1 is 1.25 bits per heavy atom. The number of benzene rings is 1. The predicted molar refractivity (Wildman–Crippen MR) is 86.9 cm³/mol. The molecule has 0 aliphatic carbocycles. The van der Waals surface area contributed by atoms with Gasteiger partial charge in [-0.15, -0.1) is 0 Å². The van der Waals surface area contributed by atoms with Crippen molar-refractivity contribution in [1.82, 2.24) is 10.2 Å². The van der Waals surface area contributed by atoms with E-state index in [0.29, 0.717) is 11.5 Å². The maximum atomic E-state index is 3.74. The van der Waals surface area contributed by atoms with E-state index in [-0.39, 0.29) is 5.54 Å². The summed E-state index contributed by atoms with van der Waals surface area (Å²) in [6.45, 7) is 17.1. The molecule has 20 heavy (non-hydrogen) atoms. The molecule has 1 heterocycles. The normalized spacial score (nSPS) is 23.8. The van der Waals surface area contributed by atoms with E-state index in [9.17, 15) is 0 Å². The molecule has 0 bridgehead atoms. The van der Waals surface area contributed by atoms with Crippen LogP contribution in [0.5, 0.6) is 0 Å². The molecule has 1 fully saturated rings. The SMILES string of the molecule is Cc1ccccc1CN1CC(C(C)(C)C)NCC1(C)C. The van der Waals surface area contributed by atoms with Gasteiger partial charge in [0.1, 0.15) is 0 Å². The van der Waals surface area contributed by atoms with Crippen LogP contribution in [0.15, 0.2) is 24.3 Å². The van der Waals surface area contributed by atoms with Crippen LogP contribution in [0.1, 0.15) is 45.7 Å². The number of nitrogens with one attached hydrogen (secondary N) is 1. The molecule has 1 N–H and O–H groups in total. The van der Waals surface area contributed by atoms with Crippen LogP contribution in [0, 0.1) is 12.3 Å². The Hall–Kier alpha value is -0.860. The fraction of sp³-hybridized carbons (Fsp3) is 0.667. The second-order valence-electron chi connectivity index (χ2n) is 7.92. The lowest BCUT2D eigenvalue weighted by atomic mass is 9.82. The smallest absolute Gasteiger partial charge is 0.0281 e. The second kappa shape index (κ2) is 5.50. The van der Waals surface area contributed by atoms with Crippen LogP contribution in [0.3, 0.4) is 0 Å². The molecule has 2 rings (SSSR count). The van der Waals surface area contributed by atoms with Crippen molar-refractivity contribution in [1.29, 1.82) is 0 Å². The molecule has 1 aliphatic heterocycles. The standard InChI is InChI=1S/C18H30N2/c1-14-9-7-8-10-15(14)11-20-12-16(17(2,3)4)19-13-18(20,5)6/h7-10,16,19H,11-13H2,1-6H3. The lowest BCUT2D eigenvalue weighted by Crippen LogP contribution is -2.64. The maximum absolute atomic E-state index is 3.74. The summed E-state index contributed by atoms with van der Waals surface area (Å²) >= 11 is 0. The van der Waals surface area contributed by atoms with Crippen molar-refractivity contribution in [3.05, 3.63) is 35.4 Å². The summed E-state index contributed by atoms with van der Waals surface area (Å²) in [5.74, 6) is 0. The first-order valence-electron chi connectivity index (χ1n) is 7.73. The molecule has 112 valence electrons. The number of aryl methyl sites for hydroxylation is 1. The van der Waals surface area contributed by atoms with Crippen LogP contribution in [0.25, 0.3) is 0 Å². The van der Waals surface area contributed by atoms with E-state index in [4.69, 9.17) is 0 Å². The highest BCUT2D eigenvalue weighted by Gasteiger charge is 2.38. The van der Waals surface area contributed by atoms with E-state index in [1.54, 1.807) is 0 Å². The van der Waals surface area contributed by atoms with Gasteiger partial charge < -0.3 is 5.32 Å². The van der Waals surface area contributed by atoms with Gasteiger partial charge in [-0.2, -0.15) is 0 Å². The van der Waals surface area contributed by atoms with Gasteiger partial charge in [0.25, 0.3) is 0 Å². The summed E-state index contributed by atoms with van der Waals surface area (Å²) in [6.07, 6.45) is 0. The zero-order valence-corrected chi connectivity index (χ0v) is 14.0. The summed E-state index contributed by atoms with van der Waals surface area (Å²) in [7, 11) is 0. The summed E-state index contributed by atoms with van der Waals surface area (Å²) in [4.78, 5) is 2.64. The summed E-state index contributed by atoms with van der Waals surface area (Å²) in [6, 6.07) is 9.31. The summed E-state index contributed by atoms with van der Waals surface area (Å²) in [5, 5.41) is 3.74. The predicted octanol–water partition coefficient (Wildman–Crippen LogP) is 3.59. The monoisotopic (exact) mass is 274 g/mol. The summed E-state index contributed by atoms with van der Waals surface area (Å²) in [5.41, 5.74) is 3.37.